The standard InChI is InChI=1S/C21H17Cl3N4O3/c1-13(25-18-11-5-7-14-6-2-3-10-17(14)18)26-20(21(22,23)24)27-19(29)15-8-4-9-16(12-15)28(30)31/h2-12,20,25-26H,1H2,(H,27,29). The number of hydrogen-bond donors (Lipinski definition) is 3. The van der Waals surface area contributed by atoms with Gasteiger partial charge < -0.3 is 16.0 Å². The molecule has 0 saturated carbocycles. The summed E-state index contributed by atoms with van der Waals surface area (Å²) in [6.07, 6.45) is -1.18. The second-order valence-electron chi connectivity index (χ2n) is 6.53. The van der Waals surface area contributed by atoms with Crippen LogP contribution in [0.1, 0.15) is 10.4 Å². The number of carbonyl (C=O) groups is 1. The van der Waals surface area contributed by atoms with Crippen LogP contribution in [0.15, 0.2) is 79.1 Å². The van der Waals surface area contributed by atoms with Crippen molar-refractivity contribution in [2.45, 2.75) is 9.96 Å². The summed E-state index contributed by atoms with van der Waals surface area (Å²) in [5, 5.41) is 21.4. The normalized spacial score (nSPS) is 12.1. The van der Waals surface area contributed by atoms with Crippen molar-refractivity contribution in [1.82, 2.24) is 10.6 Å². The van der Waals surface area contributed by atoms with Crippen LogP contribution >= 0.6 is 34.8 Å². The van der Waals surface area contributed by atoms with E-state index in [4.69, 9.17) is 34.8 Å². The lowest BCUT2D eigenvalue weighted by Gasteiger charge is -2.28. The Balaban J connectivity index is 1.75. The van der Waals surface area contributed by atoms with Gasteiger partial charge in [0.15, 0.2) is 0 Å². The van der Waals surface area contributed by atoms with Gasteiger partial charge in [-0.1, -0.05) is 83.8 Å². The number of benzene rings is 3. The number of fused-ring (bicyclic) bond motifs is 1. The summed E-state index contributed by atoms with van der Waals surface area (Å²) in [7, 11) is 0. The molecule has 3 aromatic rings. The van der Waals surface area contributed by atoms with E-state index in [1.807, 2.05) is 42.5 Å². The molecule has 0 bridgehead atoms. The van der Waals surface area contributed by atoms with Gasteiger partial charge in [-0.05, 0) is 17.5 Å². The molecule has 31 heavy (non-hydrogen) atoms. The van der Waals surface area contributed by atoms with Crippen molar-refractivity contribution in [3.05, 3.63) is 94.8 Å². The number of nitro groups is 1. The fraction of sp³-hybridized carbons (Fsp3) is 0.0952. The summed E-state index contributed by atoms with van der Waals surface area (Å²) < 4.78 is -1.94. The van der Waals surface area contributed by atoms with Crippen molar-refractivity contribution >= 4 is 62.9 Å². The van der Waals surface area contributed by atoms with Gasteiger partial charge in [-0.2, -0.15) is 0 Å². The summed E-state index contributed by atoms with van der Waals surface area (Å²) in [6, 6.07) is 18.7. The highest BCUT2D eigenvalue weighted by molar-refractivity contribution is 6.68. The monoisotopic (exact) mass is 478 g/mol. The Hall–Kier alpha value is -3.00. The van der Waals surface area contributed by atoms with Gasteiger partial charge >= 0.3 is 0 Å². The Bertz CT molecular complexity index is 1140. The first-order valence-electron chi connectivity index (χ1n) is 8.97. The van der Waals surface area contributed by atoms with Crippen molar-refractivity contribution in [1.29, 1.82) is 0 Å². The number of amides is 1. The van der Waals surface area contributed by atoms with Crippen LogP contribution in [0.4, 0.5) is 11.4 Å². The summed E-state index contributed by atoms with van der Waals surface area (Å²) in [6.45, 7) is 3.89. The Morgan fingerprint density at radius 2 is 1.68 bits per heavy atom. The van der Waals surface area contributed by atoms with Crippen LogP contribution in [-0.4, -0.2) is 20.8 Å². The molecule has 0 aliphatic heterocycles. The predicted molar refractivity (Wildman–Crippen MR) is 124 cm³/mol. The molecule has 7 nitrogen and oxygen atoms in total. The van der Waals surface area contributed by atoms with E-state index in [-0.39, 0.29) is 17.1 Å². The molecule has 0 aliphatic carbocycles. The van der Waals surface area contributed by atoms with Gasteiger partial charge in [0.2, 0.25) is 3.79 Å². The smallest absolute Gasteiger partial charge is 0.270 e. The van der Waals surface area contributed by atoms with Gasteiger partial charge in [0.1, 0.15) is 6.17 Å². The first-order valence-corrected chi connectivity index (χ1v) is 10.1. The maximum absolute atomic E-state index is 12.6. The van der Waals surface area contributed by atoms with E-state index >= 15 is 0 Å². The van der Waals surface area contributed by atoms with Gasteiger partial charge in [-0.15, -0.1) is 0 Å². The van der Waals surface area contributed by atoms with E-state index in [1.165, 1.54) is 18.2 Å². The van der Waals surface area contributed by atoms with Crippen molar-refractivity contribution in [3.63, 3.8) is 0 Å². The van der Waals surface area contributed by atoms with E-state index in [0.29, 0.717) is 0 Å². The quantitative estimate of drug-likeness (QED) is 0.184. The van der Waals surface area contributed by atoms with Crippen molar-refractivity contribution in [3.8, 4) is 0 Å². The highest BCUT2D eigenvalue weighted by atomic mass is 35.6. The van der Waals surface area contributed by atoms with E-state index < -0.39 is 20.8 Å². The Morgan fingerprint density at radius 1 is 1.00 bits per heavy atom. The number of nitro benzene ring substituents is 1. The lowest BCUT2D eigenvalue weighted by molar-refractivity contribution is -0.384. The van der Waals surface area contributed by atoms with E-state index in [2.05, 4.69) is 22.5 Å². The molecule has 0 spiro atoms. The molecule has 0 radical (unpaired) electrons. The van der Waals surface area contributed by atoms with Gasteiger partial charge in [-0.3, -0.25) is 14.9 Å². The number of hydrogen-bond acceptors (Lipinski definition) is 5. The minimum Gasteiger partial charge on any atom is -0.349 e. The summed E-state index contributed by atoms with van der Waals surface area (Å²) in [5.41, 5.74) is 0.583. The maximum atomic E-state index is 12.6. The molecule has 1 amide bonds. The third-order valence-electron chi connectivity index (χ3n) is 4.32. The SMILES string of the molecule is C=C(Nc1cccc2ccccc12)NC(NC(=O)c1cccc([N+](=O)[O-])c1)C(Cl)(Cl)Cl. The lowest BCUT2D eigenvalue weighted by atomic mass is 10.1. The number of rotatable bonds is 7. The largest absolute Gasteiger partial charge is 0.349 e. The van der Waals surface area contributed by atoms with E-state index in [9.17, 15) is 14.9 Å². The zero-order valence-corrected chi connectivity index (χ0v) is 18.2. The number of non-ortho nitro benzene ring substituents is 1. The molecule has 10 heteroatoms. The molecule has 1 unspecified atom stereocenters. The third kappa shape index (κ3) is 5.79. The van der Waals surface area contributed by atoms with Crippen molar-refractivity contribution < 1.29 is 9.72 Å². The van der Waals surface area contributed by atoms with Crippen molar-refractivity contribution in [2.75, 3.05) is 5.32 Å². The number of alkyl halides is 3. The third-order valence-corrected chi connectivity index (χ3v) is 4.97. The maximum Gasteiger partial charge on any atom is 0.270 e. The van der Waals surface area contributed by atoms with Crippen LogP contribution in [0.2, 0.25) is 0 Å². The molecule has 0 fully saturated rings. The molecule has 3 aromatic carbocycles. The van der Waals surface area contributed by atoms with Crippen LogP contribution in [0.5, 0.6) is 0 Å². The topological polar surface area (TPSA) is 96.3 Å². The molecule has 0 heterocycles. The fourth-order valence-electron chi connectivity index (χ4n) is 2.88. The lowest BCUT2D eigenvalue weighted by Crippen LogP contribution is -2.53. The van der Waals surface area contributed by atoms with E-state index in [1.54, 1.807) is 0 Å². The number of carbonyl (C=O) groups excluding carboxylic acids is 1. The Labute approximate surface area is 193 Å². The number of anilines is 1. The predicted octanol–water partition coefficient (Wildman–Crippen LogP) is 5.35. The fourth-order valence-corrected chi connectivity index (χ4v) is 3.21. The van der Waals surface area contributed by atoms with Crippen molar-refractivity contribution in [2.24, 2.45) is 0 Å². The summed E-state index contributed by atoms with van der Waals surface area (Å²) in [5.74, 6) is -0.391. The molecule has 1 atom stereocenters. The van der Waals surface area contributed by atoms with E-state index in [0.717, 1.165) is 22.5 Å². The molecular weight excluding hydrogens is 463 g/mol. The average Bonchev–Trinajstić information content (AvgIpc) is 2.73. The minimum atomic E-state index is -1.94. The van der Waals surface area contributed by atoms with Crippen LogP contribution < -0.4 is 16.0 Å². The summed E-state index contributed by atoms with van der Waals surface area (Å²) in [4.78, 5) is 22.9. The van der Waals surface area contributed by atoms with Gasteiger partial charge in [0.05, 0.1) is 10.7 Å². The first-order chi connectivity index (χ1) is 14.6. The molecule has 3 N–H and O–H groups in total. The van der Waals surface area contributed by atoms with Gasteiger partial charge in [0, 0.05) is 28.8 Å². The number of nitrogens with one attached hydrogen (secondary N) is 3. The second-order valence-corrected chi connectivity index (χ2v) is 8.90. The van der Waals surface area contributed by atoms with Gasteiger partial charge in [0.25, 0.3) is 11.6 Å². The number of halogens is 3. The van der Waals surface area contributed by atoms with Crippen LogP contribution in [0.25, 0.3) is 10.8 Å². The molecule has 0 aliphatic rings. The van der Waals surface area contributed by atoms with Gasteiger partial charge in [-0.25, -0.2) is 0 Å². The van der Waals surface area contributed by atoms with Crippen LogP contribution in [-0.2, 0) is 0 Å². The average molecular weight is 480 g/mol. The second kappa shape index (κ2) is 9.43. The molecular formula is C21H17Cl3N4O3. The van der Waals surface area contributed by atoms with Crippen LogP contribution in [0, 0.1) is 10.1 Å². The molecule has 3 rings (SSSR count). The molecule has 160 valence electrons. The highest BCUT2D eigenvalue weighted by Crippen LogP contribution is 2.30. The number of nitrogens with zero attached hydrogens (tertiary/aromatic N) is 1. The zero-order chi connectivity index (χ0) is 22.6. The minimum absolute atomic E-state index is 0.0443. The molecule has 0 saturated heterocycles. The zero-order valence-electron chi connectivity index (χ0n) is 15.9. The Kier molecular flexibility index (Phi) is 6.90. The molecule has 0 aromatic heterocycles. The summed E-state index contributed by atoms with van der Waals surface area (Å²) >= 11 is 18.1. The highest BCUT2D eigenvalue weighted by Gasteiger charge is 2.34. The first kappa shape index (κ1) is 22.7. The van der Waals surface area contributed by atoms with Crippen LogP contribution in [0.3, 0.4) is 0 Å². The Morgan fingerprint density at radius 3 is 2.39 bits per heavy atom.